The smallest absolute Gasteiger partial charge is 0.490 e. The minimum Gasteiger partial charge on any atom is -0.508 e. The highest BCUT2D eigenvalue weighted by atomic mass is 19.4. The van der Waals surface area contributed by atoms with Gasteiger partial charge in [0.05, 0.1) is 6.04 Å². The molecule has 2 heterocycles. The number of carbonyl (C=O) groups excluding carboxylic acids is 5. The number of alkyl halides is 12. The van der Waals surface area contributed by atoms with Gasteiger partial charge in [-0.1, -0.05) is 12.1 Å². The van der Waals surface area contributed by atoms with E-state index in [-0.39, 0.29) is 69.9 Å². The molecule has 0 saturated carbocycles. The van der Waals surface area contributed by atoms with Gasteiger partial charge < -0.3 is 79.7 Å². The number of nitrogens with two attached hydrogens (primary N) is 5. The van der Waals surface area contributed by atoms with Gasteiger partial charge in [-0.2, -0.15) is 52.7 Å². The van der Waals surface area contributed by atoms with Gasteiger partial charge >= 0.3 is 48.6 Å². The molecule has 5 atom stereocenters. The number of hydrogen-bond donors (Lipinski definition) is 13. The van der Waals surface area contributed by atoms with E-state index in [1.165, 1.54) is 21.9 Å². The van der Waals surface area contributed by atoms with E-state index in [0.717, 1.165) is 0 Å². The number of aliphatic carboxylic acids is 4. The van der Waals surface area contributed by atoms with Crippen LogP contribution in [-0.2, 0) is 56.0 Å². The maximum Gasteiger partial charge on any atom is 0.490 e. The molecule has 2 aliphatic heterocycles. The number of phenols is 2. The molecular formula is C43H55F12N9O15. The molecule has 1 fully saturated rings. The molecule has 36 heteroatoms. The molecule has 24 nitrogen and oxygen atoms in total. The van der Waals surface area contributed by atoms with Crippen LogP contribution in [0.2, 0.25) is 0 Å². The fourth-order valence-electron chi connectivity index (χ4n) is 6.75. The van der Waals surface area contributed by atoms with E-state index in [0.29, 0.717) is 47.9 Å². The first-order chi connectivity index (χ1) is 36.2. The maximum absolute atomic E-state index is 14.5. The number of halogens is 12. The van der Waals surface area contributed by atoms with Crippen molar-refractivity contribution in [2.24, 2.45) is 28.7 Å². The number of rotatable bonds is 12. The van der Waals surface area contributed by atoms with Gasteiger partial charge in [0, 0.05) is 32.5 Å². The van der Waals surface area contributed by atoms with Crippen LogP contribution in [0.15, 0.2) is 36.4 Å². The van der Waals surface area contributed by atoms with Crippen molar-refractivity contribution in [3.8, 4) is 22.6 Å². The van der Waals surface area contributed by atoms with E-state index in [1.807, 2.05) is 0 Å². The van der Waals surface area contributed by atoms with Crippen LogP contribution in [0.5, 0.6) is 11.5 Å². The largest absolute Gasteiger partial charge is 0.508 e. The number of aromatic hydroxyl groups is 2. The van der Waals surface area contributed by atoms with E-state index in [9.17, 15) is 86.9 Å². The Hall–Kier alpha value is -7.73. The molecule has 2 aliphatic rings. The molecule has 2 aromatic rings. The second-order valence-corrected chi connectivity index (χ2v) is 16.3. The summed E-state index contributed by atoms with van der Waals surface area (Å²) in [7, 11) is 0. The first kappa shape index (κ1) is 71.3. The van der Waals surface area contributed by atoms with Gasteiger partial charge in [-0.05, 0) is 98.1 Å². The zero-order valence-electron chi connectivity index (χ0n) is 40.7. The number of nitrogens with one attached hydrogen (secondary N) is 2. The Morgan fingerprint density at radius 2 is 1.06 bits per heavy atom. The molecule has 0 unspecified atom stereocenters. The van der Waals surface area contributed by atoms with E-state index in [2.05, 4.69) is 10.6 Å². The summed E-state index contributed by atoms with van der Waals surface area (Å²) in [5.41, 5.74) is 31.2. The SMILES string of the molecule is NCCC[C@@H]1NC(=O)[C@@H](N)Cc2cc(ccc2O)-c2ccc(O)c(c2)C[C@@H](C(=O)N2CCC[C@H]2C(=O)N(CCN)[C@@H](CCCN)C(N)=O)NC1=O.O=C(O)C(F)(F)F.O=C(O)C(F)(F)F.O=C(O)C(F)(F)F.O=C(O)C(F)(F)F. The lowest BCUT2D eigenvalue weighted by atomic mass is 9.95. The van der Waals surface area contributed by atoms with Gasteiger partial charge in [-0.25, -0.2) is 19.2 Å². The number of primary amides is 1. The zero-order valence-corrected chi connectivity index (χ0v) is 40.7. The molecule has 4 rings (SSSR count). The second-order valence-electron chi connectivity index (χ2n) is 16.3. The number of carbonyl (C=O) groups is 9. The molecule has 18 N–H and O–H groups in total. The molecule has 0 aliphatic carbocycles. The van der Waals surface area contributed by atoms with Crippen molar-refractivity contribution in [3.63, 3.8) is 0 Å². The van der Waals surface area contributed by atoms with E-state index < -0.39 is 108 Å². The van der Waals surface area contributed by atoms with Crippen molar-refractivity contribution in [2.45, 2.75) is 106 Å². The summed E-state index contributed by atoms with van der Waals surface area (Å²) in [6.45, 7) is 0.774. The number of carboxylic acid groups (broad SMARTS) is 4. The lowest BCUT2D eigenvalue weighted by Gasteiger charge is -2.35. The molecule has 5 amide bonds. The van der Waals surface area contributed by atoms with Crippen molar-refractivity contribution in [1.82, 2.24) is 20.4 Å². The molecule has 79 heavy (non-hydrogen) atoms. The average molecular weight is 1170 g/mol. The second kappa shape index (κ2) is 31.6. The summed E-state index contributed by atoms with van der Waals surface area (Å²) in [6, 6.07) is 4.18. The van der Waals surface area contributed by atoms with Crippen molar-refractivity contribution < 1.29 is 126 Å². The first-order valence-electron chi connectivity index (χ1n) is 22.4. The Balaban J connectivity index is 0.00000176. The number of amides is 5. The van der Waals surface area contributed by atoms with Crippen molar-refractivity contribution in [2.75, 3.05) is 32.7 Å². The van der Waals surface area contributed by atoms with Crippen LogP contribution < -0.4 is 39.3 Å². The summed E-state index contributed by atoms with van der Waals surface area (Å²) in [5, 5.41) is 55.5. The summed E-state index contributed by atoms with van der Waals surface area (Å²) >= 11 is 0. The number of likely N-dealkylation sites (tertiary alicyclic amines) is 1. The van der Waals surface area contributed by atoms with Gasteiger partial charge in [0.15, 0.2) is 0 Å². The molecule has 2 aromatic carbocycles. The highest BCUT2D eigenvalue weighted by molar-refractivity contribution is 5.96. The third-order valence-corrected chi connectivity index (χ3v) is 10.5. The fraction of sp³-hybridized carbons (Fsp3) is 0.512. The Labute approximate surface area is 437 Å². The Bertz CT molecular complexity index is 2330. The molecule has 4 bridgehead atoms. The quantitative estimate of drug-likeness (QED) is 0.131. The molecule has 0 spiro atoms. The Morgan fingerprint density at radius 3 is 1.44 bits per heavy atom. The fourth-order valence-corrected chi connectivity index (χ4v) is 6.75. The summed E-state index contributed by atoms with van der Waals surface area (Å²) in [6.07, 6.45) is -18.6. The first-order valence-corrected chi connectivity index (χ1v) is 22.4. The topological polar surface area (TPSA) is 436 Å². The molecule has 0 aromatic heterocycles. The number of fused-ring (bicyclic) bond motifs is 5. The number of phenolic OH excluding ortho intramolecular Hbond substituents is 2. The van der Waals surface area contributed by atoms with Crippen LogP contribution in [-0.4, -0.2) is 181 Å². The molecule has 0 radical (unpaired) electrons. The highest BCUT2D eigenvalue weighted by Crippen LogP contribution is 2.32. The van der Waals surface area contributed by atoms with Gasteiger partial charge in [-0.15, -0.1) is 0 Å². The van der Waals surface area contributed by atoms with Gasteiger partial charge in [-0.3, -0.25) is 24.0 Å². The van der Waals surface area contributed by atoms with Crippen LogP contribution in [0.4, 0.5) is 52.7 Å². The lowest BCUT2D eigenvalue weighted by molar-refractivity contribution is -0.193. The lowest BCUT2D eigenvalue weighted by Crippen LogP contribution is -2.60. The van der Waals surface area contributed by atoms with Crippen LogP contribution in [0, 0.1) is 0 Å². The number of hydrogen-bond acceptors (Lipinski definition) is 15. The highest BCUT2D eigenvalue weighted by Gasteiger charge is 2.43. The number of nitrogens with zero attached hydrogens (tertiary/aromatic N) is 2. The maximum atomic E-state index is 14.5. The van der Waals surface area contributed by atoms with Crippen molar-refractivity contribution >= 4 is 53.4 Å². The summed E-state index contributed by atoms with van der Waals surface area (Å²) < 4.78 is 127. The molecule has 1 saturated heterocycles. The van der Waals surface area contributed by atoms with Crippen LogP contribution in [0.1, 0.15) is 49.7 Å². The van der Waals surface area contributed by atoms with Gasteiger partial charge in [0.25, 0.3) is 0 Å². The average Bonchev–Trinajstić information content (AvgIpc) is 3.82. The standard InChI is InChI=1S/C35H51N9O7.4C2HF3O2/c36-11-1-4-25-33(49)42-26(34(50)43-14-3-6-28(43)35(51)44(15-13-38)27(31(40)47)5-2-12-37)19-23-17-21(8-10-30(23)46)20-7-9-29(45)22(16-20)18-24(39)32(48)41-25;4*3-2(4,5)1(6)7/h7-10,16-17,24-28,45-46H,1-6,11-15,18-19,36-39H2,(H2,40,47)(H,41,48)(H,42,49);4*(H,6,7)/t24-,25-,26-,27-,28-;;;;/m0..../s1. The van der Waals surface area contributed by atoms with Crippen LogP contribution in [0.3, 0.4) is 0 Å². The minimum atomic E-state index is -5.08. The Kier molecular flexibility index (Phi) is 28.5. The third-order valence-electron chi connectivity index (χ3n) is 10.5. The van der Waals surface area contributed by atoms with Gasteiger partial charge in [0.1, 0.15) is 35.7 Å². The normalized spacial score (nSPS) is 17.9. The number of benzene rings is 2. The summed E-state index contributed by atoms with van der Waals surface area (Å²) in [5.74, 6) is -14.3. The van der Waals surface area contributed by atoms with E-state index >= 15 is 0 Å². The van der Waals surface area contributed by atoms with Crippen LogP contribution >= 0.6 is 0 Å². The van der Waals surface area contributed by atoms with Crippen LogP contribution in [0.25, 0.3) is 11.1 Å². The Morgan fingerprint density at radius 1 is 0.646 bits per heavy atom. The van der Waals surface area contributed by atoms with E-state index in [1.54, 1.807) is 24.3 Å². The van der Waals surface area contributed by atoms with Crippen molar-refractivity contribution in [1.29, 1.82) is 0 Å². The van der Waals surface area contributed by atoms with E-state index in [4.69, 9.17) is 68.3 Å². The molecular weight excluding hydrogens is 1110 g/mol. The monoisotopic (exact) mass is 1170 g/mol. The number of carboxylic acids is 4. The zero-order chi connectivity index (χ0) is 61.6. The van der Waals surface area contributed by atoms with Gasteiger partial charge in [0.2, 0.25) is 29.5 Å². The minimum absolute atomic E-state index is 0.0278. The third kappa shape index (κ3) is 24.6. The summed E-state index contributed by atoms with van der Waals surface area (Å²) in [4.78, 5) is 106. The predicted molar refractivity (Wildman–Crippen MR) is 244 cm³/mol. The predicted octanol–water partition coefficient (Wildman–Crippen LogP) is 0.804. The van der Waals surface area contributed by atoms with Crippen molar-refractivity contribution in [3.05, 3.63) is 47.5 Å². The molecule has 446 valence electrons.